The van der Waals surface area contributed by atoms with Crippen LogP contribution in [0.4, 0.5) is 0 Å². The Labute approximate surface area is 102 Å². The van der Waals surface area contributed by atoms with E-state index in [-0.39, 0.29) is 6.10 Å². The van der Waals surface area contributed by atoms with Crippen molar-refractivity contribution in [3.05, 3.63) is 48.6 Å². The maximum atomic E-state index is 10.3. The van der Waals surface area contributed by atoms with E-state index in [0.29, 0.717) is 0 Å². The van der Waals surface area contributed by atoms with Gasteiger partial charge in [-0.1, -0.05) is 36.4 Å². The Kier molecular flexibility index (Phi) is 3.33. The second-order valence-corrected chi connectivity index (χ2v) is 4.66. The maximum Gasteiger partial charge on any atom is 0.164 e. The van der Waals surface area contributed by atoms with E-state index in [1.165, 1.54) is 0 Å². The van der Waals surface area contributed by atoms with Crippen LogP contribution in [0.5, 0.6) is 0 Å². The molecule has 0 aliphatic carbocycles. The summed E-state index contributed by atoms with van der Waals surface area (Å²) in [6.07, 6.45) is 0.261. The van der Waals surface area contributed by atoms with Gasteiger partial charge in [-0.3, -0.25) is 0 Å². The molecule has 0 saturated carbocycles. The van der Waals surface area contributed by atoms with Gasteiger partial charge in [0.05, 0.1) is 0 Å². The molecule has 0 radical (unpaired) electrons. The van der Waals surface area contributed by atoms with Gasteiger partial charge >= 0.3 is 0 Å². The smallest absolute Gasteiger partial charge is 0.164 e. The molecule has 1 saturated heterocycles. The Balaban J connectivity index is 2.19. The lowest BCUT2D eigenvalue weighted by Crippen LogP contribution is -2.28. The van der Waals surface area contributed by atoms with E-state index >= 15 is 0 Å². The standard InChI is InChI=1S/C14H18O3/c1-4-11-13(17-14(2,3)16-11)12(15)10-8-6-5-7-9-10/h4-9,11-13,15H,1H2,2-3H3/t11-,12-,13+/m1/s1. The number of hydrogen-bond donors (Lipinski definition) is 1. The van der Waals surface area contributed by atoms with Gasteiger partial charge < -0.3 is 14.6 Å². The Hall–Kier alpha value is -1.16. The molecule has 17 heavy (non-hydrogen) atoms. The van der Waals surface area contributed by atoms with Crippen molar-refractivity contribution < 1.29 is 14.6 Å². The molecule has 3 nitrogen and oxygen atoms in total. The van der Waals surface area contributed by atoms with Gasteiger partial charge in [0.2, 0.25) is 0 Å². The first-order valence-corrected chi connectivity index (χ1v) is 5.75. The highest BCUT2D eigenvalue weighted by molar-refractivity contribution is 5.20. The highest BCUT2D eigenvalue weighted by Gasteiger charge is 2.43. The van der Waals surface area contributed by atoms with Crippen molar-refractivity contribution in [3.63, 3.8) is 0 Å². The molecule has 1 fully saturated rings. The molecule has 1 heterocycles. The van der Waals surface area contributed by atoms with Crippen LogP contribution in [0, 0.1) is 0 Å². The minimum absolute atomic E-state index is 0.291. The molecule has 0 aromatic heterocycles. The summed E-state index contributed by atoms with van der Waals surface area (Å²) in [6, 6.07) is 9.45. The molecule has 0 unspecified atom stereocenters. The quantitative estimate of drug-likeness (QED) is 0.816. The highest BCUT2D eigenvalue weighted by atomic mass is 16.8. The largest absolute Gasteiger partial charge is 0.386 e. The van der Waals surface area contributed by atoms with Gasteiger partial charge in [0.25, 0.3) is 0 Å². The van der Waals surface area contributed by atoms with Crippen molar-refractivity contribution in [2.24, 2.45) is 0 Å². The summed E-state index contributed by atoms with van der Waals surface area (Å²) in [5.74, 6) is -0.681. The Morgan fingerprint density at radius 3 is 2.53 bits per heavy atom. The first-order chi connectivity index (χ1) is 8.03. The van der Waals surface area contributed by atoms with E-state index < -0.39 is 18.0 Å². The van der Waals surface area contributed by atoms with Crippen LogP contribution < -0.4 is 0 Å². The minimum atomic E-state index is -0.707. The van der Waals surface area contributed by atoms with E-state index in [0.717, 1.165) is 5.56 Å². The van der Waals surface area contributed by atoms with E-state index in [9.17, 15) is 5.11 Å². The van der Waals surface area contributed by atoms with Crippen molar-refractivity contribution in [3.8, 4) is 0 Å². The van der Waals surface area contributed by atoms with Crippen molar-refractivity contribution in [2.45, 2.75) is 37.9 Å². The third-order valence-electron chi connectivity index (χ3n) is 2.85. The van der Waals surface area contributed by atoms with Crippen LogP contribution in [0.1, 0.15) is 25.5 Å². The highest BCUT2D eigenvalue weighted by Crippen LogP contribution is 2.35. The molecule has 1 aromatic carbocycles. The summed E-state index contributed by atoms with van der Waals surface area (Å²) >= 11 is 0. The van der Waals surface area contributed by atoms with Crippen LogP contribution in [-0.4, -0.2) is 23.1 Å². The number of rotatable bonds is 3. The first kappa shape index (κ1) is 12.3. The lowest BCUT2D eigenvalue weighted by Gasteiger charge is -2.21. The minimum Gasteiger partial charge on any atom is -0.386 e. The number of ether oxygens (including phenoxy) is 2. The van der Waals surface area contributed by atoms with E-state index in [4.69, 9.17) is 9.47 Å². The molecule has 1 aromatic rings. The van der Waals surface area contributed by atoms with Crippen LogP contribution in [0.2, 0.25) is 0 Å². The second-order valence-electron chi connectivity index (χ2n) is 4.66. The summed E-state index contributed by atoms with van der Waals surface area (Å²) < 4.78 is 11.4. The normalized spacial score (nSPS) is 28.9. The summed E-state index contributed by atoms with van der Waals surface area (Å²) in [4.78, 5) is 0. The molecule has 0 spiro atoms. The summed E-state index contributed by atoms with van der Waals surface area (Å²) in [5.41, 5.74) is 0.825. The fourth-order valence-corrected chi connectivity index (χ4v) is 2.08. The molecule has 2 rings (SSSR count). The van der Waals surface area contributed by atoms with Gasteiger partial charge in [0.15, 0.2) is 5.79 Å². The monoisotopic (exact) mass is 234 g/mol. The fraction of sp³-hybridized carbons (Fsp3) is 0.429. The van der Waals surface area contributed by atoms with Crippen LogP contribution in [0.3, 0.4) is 0 Å². The molecule has 1 N–H and O–H groups in total. The number of benzene rings is 1. The second kappa shape index (κ2) is 4.61. The van der Waals surface area contributed by atoms with Crippen molar-refractivity contribution >= 4 is 0 Å². The molecular weight excluding hydrogens is 216 g/mol. The zero-order chi connectivity index (χ0) is 12.5. The number of aliphatic hydroxyl groups is 1. The zero-order valence-electron chi connectivity index (χ0n) is 10.2. The predicted molar refractivity (Wildman–Crippen MR) is 65.4 cm³/mol. The maximum absolute atomic E-state index is 10.3. The van der Waals surface area contributed by atoms with Crippen LogP contribution in [0.25, 0.3) is 0 Å². The van der Waals surface area contributed by atoms with Crippen LogP contribution >= 0.6 is 0 Å². The van der Waals surface area contributed by atoms with Crippen LogP contribution in [-0.2, 0) is 9.47 Å². The van der Waals surface area contributed by atoms with E-state index in [1.54, 1.807) is 6.08 Å². The van der Waals surface area contributed by atoms with Gasteiger partial charge in [0, 0.05) is 0 Å². The molecule has 3 heteroatoms. The van der Waals surface area contributed by atoms with Crippen LogP contribution in [0.15, 0.2) is 43.0 Å². The van der Waals surface area contributed by atoms with Crippen molar-refractivity contribution in [1.82, 2.24) is 0 Å². The average Bonchev–Trinajstić information content (AvgIpc) is 2.65. The number of aliphatic hydroxyl groups excluding tert-OH is 1. The summed E-state index contributed by atoms with van der Waals surface area (Å²) in [5, 5.41) is 10.3. The summed E-state index contributed by atoms with van der Waals surface area (Å²) in [7, 11) is 0. The van der Waals surface area contributed by atoms with Crippen molar-refractivity contribution in [2.75, 3.05) is 0 Å². The molecule has 92 valence electrons. The lowest BCUT2D eigenvalue weighted by molar-refractivity contribution is -0.153. The molecule has 1 aliphatic heterocycles. The SMILES string of the molecule is C=C[C@H]1OC(C)(C)O[C@@H]1[C@H](O)c1ccccc1. The molecule has 0 bridgehead atoms. The van der Waals surface area contributed by atoms with Gasteiger partial charge in [0.1, 0.15) is 18.3 Å². The van der Waals surface area contributed by atoms with E-state index in [1.807, 2.05) is 44.2 Å². The van der Waals surface area contributed by atoms with Crippen molar-refractivity contribution in [1.29, 1.82) is 0 Å². The van der Waals surface area contributed by atoms with Gasteiger partial charge in [-0.2, -0.15) is 0 Å². The number of hydrogen-bond acceptors (Lipinski definition) is 3. The Morgan fingerprint density at radius 1 is 1.29 bits per heavy atom. The first-order valence-electron chi connectivity index (χ1n) is 5.75. The zero-order valence-corrected chi connectivity index (χ0v) is 10.2. The third-order valence-corrected chi connectivity index (χ3v) is 2.85. The van der Waals surface area contributed by atoms with Gasteiger partial charge in [-0.15, -0.1) is 6.58 Å². The third kappa shape index (κ3) is 2.57. The fourth-order valence-electron chi connectivity index (χ4n) is 2.08. The van der Waals surface area contributed by atoms with Gasteiger partial charge in [-0.05, 0) is 19.4 Å². The topological polar surface area (TPSA) is 38.7 Å². The summed E-state index contributed by atoms with van der Waals surface area (Å²) in [6.45, 7) is 7.39. The predicted octanol–water partition coefficient (Wildman–Crippen LogP) is 2.43. The Bertz CT molecular complexity index is 386. The molecule has 3 atom stereocenters. The van der Waals surface area contributed by atoms with Gasteiger partial charge in [-0.25, -0.2) is 0 Å². The lowest BCUT2D eigenvalue weighted by atomic mass is 10.0. The Morgan fingerprint density at radius 2 is 1.94 bits per heavy atom. The molecule has 1 aliphatic rings. The average molecular weight is 234 g/mol. The molecular formula is C14H18O3. The van der Waals surface area contributed by atoms with E-state index in [2.05, 4.69) is 6.58 Å². The molecule has 0 amide bonds.